The molecular weight excluding hydrogens is 797 g/mol. The first-order valence-electron chi connectivity index (χ1n) is 31.0. The van der Waals surface area contributed by atoms with E-state index in [4.69, 9.17) is 0 Å². The molecule has 0 aromatic heterocycles. The Hall–Kier alpha value is -0.860. The Morgan fingerprint density at radius 1 is 0.242 bits per heavy atom. The van der Waals surface area contributed by atoms with Crippen LogP contribution in [0.3, 0.4) is 0 Å². The Balaban J connectivity index is 2.85. The molecule has 0 aliphatic heterocycles. The number of hydrogen-bond acceptors (Lipinski definition) is 2. The summed E-state index contributed by atoms with van der Waals surface area (Å²) in [6.45, 7) is 21.7. The van der Waals surface area contributed by atoms with Gasteiger partial charge >= 0.3 is 0 Å². The van der Waals surface area contributed by atoms with Crippen molar-refractivity contribution >= 4 is 0 Å². The Labute approximate surface area is 418 Å². The summed E-state index contributed by atoms with van der Waals surface area (Å²) in [5, 5.41) is 0. The first-order chi connectivity index (χ1) is 32.4. The molecule has 0 saturated heterocycles. The molecule has 0 fully saturated rings. The molecule has 0 radical (unpaired) electrons. The van der Waals surface area contributed by atoms with Crippen LogP contribution in [0.25, 0.3) is 0 Å². The van der Waals surface area contributed by atoms with Crippen molar-refractivity contribution in [3.05, 3.63) is 35.4 Å². The van der Waals surface area contributed by atoms with Crippen LogP contribution in [-0.2, 0) is 13.1 Å². The zero-order chi connectivity index (χ0) is 48.0. The van der Waals surface area contributed by atoms with Gasteiger partial charge in [-0.15, -0.1) is 0 Å². The molecule has 390 valence electrons. The Morgan fingerprint density at radius 3 is 0.561 bits per heavy atom. The quantitative estimate of drug-likeness (QED) is 0.0601. The van der Waals surface area contributed by atoms with Crippen molar-refractivity contribution in [3.63, 3.8) is 0 Å². The number of unbranched alkanes of at least 4 members (excludes halogenated alkanes) is 36. The average Bonchev–Trinajstić information content (AvgIpc) is 3.32. The molecule has 1 aromatic carbocycles. The van der Waals surface area contributed by atoms with Crippen LogP contribution in [0.5, 0.6) is 0 Å². The van der Waals surface area contributed by atoms with E-state index < -0.39 is 0 Å². The van der Waals surface area contributed by atoms with E-state index in [9.17, 15) is 0 Å². The molecule has 0 bridgehead atoms. The molecule has 0 spiro atoms. The molecule has 0 N–H and O–H groups in total. The van der Waals surface area contributed by atoms with Gasteiger partial charge in [-0.2, -0.15) is 0 Å². The molecular formula is C64H124N2. The van der Waals surface area contributed by atoms with Crippen molar-refractivity contribution in [2.45, 2.75) is 375 Å². The molecule has 1 aromatic rings. The minimum Gasteiger partial charge on any atom is -0.294 e. The average molecular weight is 922 g/mol. The van der Waals surface area contributed by atoms with Gasteiger partial charge in [0.15, 0.2) is 0 Å². The highest BCUT2D eigenvalue weighted by molar-refractivity contribution is 5.23. The number of nitrogens with zero attached hydrogens (tertiary/aromatic N) is 2. The van der Waals surface area contributed by atoms with Crippen LogP contribution in [0.4, 0.5) is 0 Å². The lowest BCUT2D eigenvalue weighted by molar-refractivity contribution is 0.125. The smallest absolute Gasteiger partial charge is 0.0239 e. The van der Waals surface area contributed by atoms with E-state index in [1.165, 1.54) is 294 Å². The summed E-state index contributed by atoms with van der Waals surface area (Å²) in [6, 6.07) is 12.6. The molecule has 2 heteroatoms. The van der Waals surface area contributed by atoms with Gasteiger partial charge in [-0.05, 0) is 64.5 Å². The maximum atomic E-state index is 2.91. The summed E-state index contributed by atoms with van der Waals surface area (Å²) in [4.78, 5) is 5.82. The lowest BCUT2D eigenvalue weighted by Gasteiger charge is -2.36. The molecule has 0 aliphatic rings. The zero-order valence-electron chi connectivity index (χ0n) is 47.0. The topological polar surface area (TPSA) is 6.48 Å². The Kier molecular flexibility index (Phi) is 45.7. The van der Waals surface area contributed by atoms with Crippen molar-refractivity contribution in [2.24, 2.45) is 0 Å². The van der Waals surface area contributed by atoms with Crippen LogP contribution >= 0.6 is 0 Å². The first kappa shape index (κ1) is 63.2. The van der Waals surface area contributed by atoms with Crippen LogP contribution in [-0.4, -0.2) is 34.0 Å². The molecule has 0 amide bonds. The molecule has 2 nitrogen and oxygen atoms in total. The molecule has 4 atom stereocenters. The fourth-order valence-corrected chi connectivity index (χ4v) is 11.0. The highest BCUT2D eigenvalue weighted by Gasteiger charge is 2.22. The van der Waals surface area contributed by atoms with Gasteiger partial charge in [-0.1, -0.05) is 309 Å². The second kappa shape index (κ2) is 47.8. The van der Waals surface area contributed by atoms with Gasteiger partial charge in [0, 0.05) is 37.3 Å². The van der Waals surface area contributed by atoms with Crippen LogP contribution in [0.2, 0.25) is 0 Å². The van der Waals surface area contributed by atoms with Gasteiger partial charge in [-0.3, -0.25) is 9.80 Å². The van der Waals surface area contributed by atoms with Crippen LogP contribution in [0, 0.1) is 0 Å². The van der Waals surface area contributed by atoms with Crippen LogP contribution < -0.4 is 0 Å². The molecule has 0 aliphatic carbocycles. The van der Waals surface area contributed by atoms with E-state index in [-0.39, 0.29) is 0 Å². The predicted octanol–water partition coefficient (Wildman–Crippen LogP) is 22.1. The zero-order valence-corrected chi connectivity index (χ0v) is 47.0. The summed E-state index contributed by atoms with van der Waals surface area (Å²) in [5.74, 6) is 0. The summed E-state index contributed by atoms with van der Waals surface area (Å²) in [5.41, 5.74) is 3.04. The number of benzene rings is 1. The van der Waals surface area contributed by atoms with E-state index in [1.807, 2.05) is 0 Å². The largest absolute Gasteiger partial charge is 0.294 e. The molecule has 4 unspecified atom stereocenters. The third kappa shape index (κ3) is 37.0. The third-order valence-corrected chi connectivity index (χ3v) is 15.9. The molecule has 0 saturated carbocycles. The van der Waals surface area contributed by atoms with Crippen molar-refractivity contribution < 1.29 is 0 Å². The van der Waals surface area contributed by atoms with E-state index >= 15 is 0 Å². The van der Waals surface area contributed by atoms with Crippen molar-refractivity contribution in [1.29, 1.82) is 0 Å². The maximum absolute atomic E-state index is 2.91. The lowest BCUT2D eigenvalue weighted by Crippen LogP contribution is -2.40. The van der Waals surface area contributed by atoms with Crippen LogP contribution in [0.15, 0.2) is 24.3 Å². The lowest BCUT2D eigenvalue weighted by atomic mass is 9.99. The van der Waals surface area contributed by atoms with E-state index in [0.29, 0.717) is 24.2 Å². The van der Waals surface area contributed by atoms with Gasteiger partial charge in [0.05, 0.1) is 0 Å². The van der Waals surface area contributed by atoms with E-state index in [1.54, 1.807) is 0 Å². The summed E-state index contributed by atoms with van der Waals surface area (Å²) in [7, 11) is 0. The highest BCUT2D eigenvalue weighted by Crippen LogP contribution is 2.25. The highest BCUT2D eigenvalue weighted by atomic mass is 15.2. The van der Waals surface area contributed by atoms with Gasteiger partial charge in [0.2, 0.25) is 0 Å². The van der Waals surface area contributed by atoms with Gasteiger partial charge in [0.1, 0.15) is 0 Å². The maximum Gasteiger partial charge on any atom is 0.0239 e. The monoisotopic (exact) mass is 921 g/mol. The fourth-order valence-electron chi connectivity index (χ4n) is 11.0. The van der Waals surface area contributed by atoms with E-state index in [2.05, 4.69) is 89.5 Å². The van der Waals surface area contributed by atoms with Crippen molar-refractivity contribution in [1.82, 2.24) is 9.80 Å². The minimum atomic E-state index is 0.644. The first-order valence-corrected chi connectivity index (χ1v) is 31.0. The van der Waals surface area contributed by atoms with Crippen molar-refractivity contribution in [2.75, 3.05) is 0 Å². The summed E-state index contributed by atoms with van der Waals surface area (Å²) in [6.07, 6.45) is 62.4. The van der Waals surface area contributed by atoms with Crippen molar-refractivity contribution in [3.8, 4) is 0 Å². The molecule has 0 heterocycles. The second-order valence-corrected chi connectivity index (χ2v) is 22.4. The fraction of sp³-hybridized carbons (Fsp3) is 0.906. The molecule has 1 rings (SSSR count). The number of rotatable bonds is 52. The van der Waals surface area contributed by atoms with Gasteiger partial charge in [0.25, 0.3) is 0 Å². The molecule has 66 heavy (non-hydrogen) atoms. The SMILES string of the molecule is CCCCCCCCCCCCC(C)N(Cc1ccc(CN(C(C)CCCCCCCCCCCC)C(C)CCCCCCCCCCCC)cc1)C(C)CCCCCCCCCCCC. The minimum absolute atomic E-state index is 0.644. The Morgan fingerprint density at radius 2 is 0.394 bits per heavy atom. The van der Waals surface area contributed by atoms with Gasteiger partial charge in [-0.25, -0.2) is 0 Å². The van der Waals surface area contributed by atoms with Gasteiger partial charge < -0.3 is 0 Å². The standard InChI is InChI=1S/C64H124N2/c1-9-13-17-21-25-29-33-37-41-45-49-59(5)65(60(6)50-46-42-38-34-30-26-22-18-14-10-2)57-63-53-55-64(56-54-63)58-66(61(7)51-47-43-39-35-31-27-23-19-15-11-3)62(8)52-48-44-40-36-32-28-24-20-16-12-4/h53-56,59-62H,9-52,57-58H2,1-8H3. The predicted molar refractivity (Wildman–Crippen MR) is 301 cm³/mol. The summed E-state index contributed by atoms with van der Waals surface area (Å²) >= 11 is 0. The third-order valence-electron chi connectivity index (χ3n) is 15.9. The van der Waals surface area contributed by atoms with Crippen LogP contribution in [0.1, 0.15) is 349 Å². The Bertz CT molecular complexity index is 936. The van der Waals surface area contributed by atoms with E-state index in [0.717, 1.165) is 13.1 Å². The second-order valence-electron chi connectivity index (χ2n) is 22.4. The normalized spacial score (nSPS) is 13.8. The number of hydrogen-bond donors (Lipinski definition) is 0. The summed E-state index contributed by atoms with van der Waals surface area (Å²) < 4.78 is 0.